The van der Waals surface area contributed by atoms with Crippen LogP contribution in [-0.4, -0.2) is 47.2 Å². The highest BCUT2D eigenvalue weighted by Crippen LogP contribution is 2.15. The summed E-state index contributed by atoms with van der Waals surface area (Å²) in [6, 6.07) is -0.363. The van der Waals surface area contributed by atoms with E-state index in [1.54, 1.807) is 0 Å². The number of aliphatic hydroxyl groups excluding tert-OH is 1. The zero-order valence-electron chi connectivity index (χ0n) is 8.50. The largest absolute Gasteiger partial charge is 0.394 e. The Balaban J connectivity index is 2.74. The van der Waals surface area contributed by atoms with Crippen LogP contribution in [0.3, 0.4) is 0 Å². The van der Waals surface area contributed by atoms with Gasteiger partial charge in [0.1, 0.15) is 6.04 Å². The van der Waals surface area contributed by atoms with Gasteiger partial charge >= 0.3 is 0 Å². The quantitative estimate of drug-likeness (QED) is 0.615. The second kappa shape index (κ2) is 3.64. The molecule has 0 spiro atoms. The number of hydrogen-bond donors (Lipinski definition) is 2. The number of rotatable bonds is 2. The summed E-state index contributed by atoms with van der Waals surface area (Å²) in [6.07, 6.45) is 0. The average molecular weight is 186 g/mol. The van der Waals surface area contributed by atoms with Gasteiger partial charge in [-0.3, -0.25) is 9.69 Å². The van der Waals surface area contributed by atoms with Gasteiger partial charge in [-0.05, 0) is 20.4 Å². The predicted molar refractivity (Wildman–Crippen MR) is 50.3 cm³/mol. The Hall–Kier alpha value is -0.610. The SMILES string of the molecule is CCN1CC(C)(C)NC(=O)C1CO. The Labute approximate surface area is 78.9 Å². The number of nitrogens with one attached hydrogen (secondary N) is 1. The third-order valence-electron chi connectivity index (χ3n) is 2.38. The van der Waals surface area contributed by atoms with Crippen molar-refractivity contribution in [2.75, 3.05) is 19.7 Å². The molecule has 1 unspecified atom stereocenters. The molecular formula is C9H18N2O2. The van der Waals surface area contributed by atoms with Crippen LogP contribution in [0.25, 0.3) is 0 Å². The molecule has 4 nitrogen and oxygen atoms in total. The summed E-state index contributed by atoms with van der Waals surface area (Å²) in [7, 11) is 0. The van der Waals surface area contributed by atoms with Crippen molar-refractivity contribution >= 4 is 5.91 Å². The first-order valence-electron chi connectivity index (χ1n) is 4.67. The molecule has 1 saturated heterocycles. The smallest absolute Gasteiger partial charge is 0.240 e. The fourth-order valence-corrected chi connectivity index (χ4v) is 1.77. The lowest BCUT2D eigenvalue weighted by Crippen LogP contribution is -2.65. The van der Waals surface area contributed by atoms with Crippen molar-refractivity contribution in [2.45, 2.75) is 32.4 Å². The lowest BCUT2D eigenvalue weighted by molar-refractivity contribution is -0.134. The molecule has 0 aromatic rings. The van der Waals surface area contributed by atoms with Crippen LogP contribution in [0.4, 0.5) is 0 Å². The molecule has 1 aliphatic rings. The molecule has 1 aliphatic heterocycles. The van der Waals surface area contributed by atoms with Gasteiger partial charge in [0.05, 0.1) is 6.61 Å². The highest BCUT2D eigenvalue weighted by Gasteiger charge is 2.36. The zero-order valence-corrected chi connectivity index (χ0v) is 8.50. The first-order valence-corrected chi connectivity index (χ1v) is 4.67. The van der Waals surface area contributed by atoms with E-state index in [1.807, 2.05) is 25.7 Å². The van der Waals surface area contributed by atoms with E-state index in [0.717, 1.165) is 13.1 Å². The number of amides is 1. The van der Waals surface area contributed by atoms with E-state index < -0.39 is 0 Å². The molecular weight excluding hydrogens is 168 g/mol. The van der Waals surface area contributed by atoms with Gasteiger partial charge in [-0.2, -0.15) is 0 Å². The number of aliphatic hydroxyl groups is 1. The number of carbonyl (C=O) groups is 1. The Morgan fingerprint density at radius 2 is 2.31 bits per heavy atom. The number of nitrogens with zero attached hydrogens (tertiary/aromatic N) is 1. The van der Waals surface area contributed by atoms with E-state index in [1.165, 1.54) is 0 Å². The van der Waals surface area contributed by atoms with E-state index in [4.69, 9.17) is 5.11 Å². The zero-order chi connectivity index (χ0) is 10.1. The summed E-state index contributed by atoms with van der Waals surface area (Å²) < 4.78 is 0. The molecule has 1 fully saturated rings. The maximum atomic E-state index is 11.5. The third-order valence-corrected chi connectivity index (χ3v) is 2.38. The van der Waals surface area contributed by atoms with Crippen molar-refractivity contribution in [3.63, 3.8) is 0 Å². The van der Waals surface area contributed by atoms with Crippen LogP contribution in [0, 0.1) is 0 Å². The summed E-state index contributed by atoms with van der Waals surface area (Å²) in [6.45, 7) is 7.46. The second-order valence-electron chi connectivity index (χ2n) is 4.13. The molecule has 0 saturated carbocycles. The van der Waals surface area contributed by atoms with Crippen molar-refractivity contribution in [3.8, 4) is 0 Å². The topological polar surface area (TPSA) is 52.6 Å². The summed E-state index contributed by atoms with van der Waals surface area (Å²) in [5, 5.41) is 11.9. The van der Waals surface area contributed by atoms with Crippen LogP contribution < -0.4 is 5.32 Å². The van der Waals surface area contributed by atoms with E-state index >= 15 is 0 Å². The van der Waals surface area contributed by atoms with E-state index in [9.17, 15) is 4.79 Å². The van der Waals surface area contributed by atoms with E-state index in [2.05, 4.69) is 5.32 Å². The van der Waals surface area contributed by atoms with Gasteiger partial charge in [0.25, 0.3) is 0 Å². The summed E-state index contributed by atoms with van der Waals surface area (Å²) in [4.78, 5) is 13.5. The molecule has 1 amide bonds. The maximum Gasteiger partial charge on any atom is 0.240 e. The van der Waals surface area contributed by atoms with Gasteiger partial charge < -0.3 is 10.4 Å². The van der Waals surface area contributed by atoms with Crippen LogP contribution in [0.15, 0.2) is 0 Å². The molecule has 1 heterocycles. The fourth-order valence-electron chi connectivity index (χ4n) is 1.77. The highest BCUT2D eigenvalue weighted by atomic mass is 16.3. The average Bonchev–Trinajstić information content (AvgIpc) is 2.01. The molecule has 1 rings (SSSR count). The Kier molecular flexibility index (Phi) is 2.93. The molecule has 13 heavy (non-hydrogen) atoms. The molecule has 1 atom stereocenters. The van der Waals surface area contributed by atoms with E-state index in [-0.39, 0.29) is 24.1 Å². The van der Waals surface area contributed by atoms with Gasteiger partial charge in [-0.15, -0.1) is 0 Å². The van der Waals surface area contributed by atoms with Crippen molar-refractivity contribution < 1.29 is 9.90 Å². The van der Waals surface area contributed by atoms with Crippen molar-refractivity contribution in [3.05, 3.63) is 0 Å². The lowest BCUT2D eigenvalue weighted by atomic mass is 9.98. The summed E-state index contributed by atoms with van der Waals surface area (Å²) >= 11 is 0. The summed E-state index contributed by atoms with van der Waals surface area (Å²) in [5.74, 6) is -0.0689. The molecule has 2 N–H and O–H groups in total. The standard InChI is InChI=1S/C9H18N2O2/c1-4-11-6-9(2,3)10-8(13)7(11)5-12/h7,12H,4-6H2,1-3H3,(H,10,13). The number of piperazine rings is 1. The molecule has 0 bridgehead atoms. The Morgan fingerprint density at radius 3 is 2.77 bits per heavy atom. The van der Waals surface area contributed by atoms with Gasteiger partial charge in [0.15, 0.2) is 0 Å². The summed E-state index contributed by atoms with van der Waals surface area (Å²) in [5.41, 5.74) is -0.182. The minimum absolute atomic E-state index is 0.0689. The molecule has 0 aromatic heterocycles. The maximum absolute atomic E-state index is 11.5. The number of hydrogen-bond acceptors (Lipinski definition) is 3. The van der Waals surface area contributed by atoms with Crippen LogP contribution in [-0.2, 0) is 4.79 Å². The molecule has 0 aromatic carbocycles. The van der Waals surface area contributed by atoms with Crippen LogP contribution in [0.1, 0.15) is 20.8 Å². The first kappa shape index (κ1) is 10.5. The molecule has 4 heteroatoms. The molecule has 0 aliphatic carbocycles. The van der Waals surface area contributed by atoms with Gasteiger partial charge in [0.2, 0.25) is 5.91 Å². The van der Waals surface area contributed by atoms with Crippen molar-refractivity contribution in [2.24, 2.45) is 0 Å². The van der Waals surface area contributed by atoms with Crippen LogP contribution in [0.2, 0.25) is 0 Å². The lowest BCUT2D eigenvalue weighted by Gasteiger charge is -2.42. The van der Waals surface area contributed by atoms with E-state index in [0.29, 0.717) is 0 Å². The van der Waals surface area contributed by atoms with Crippen LogP contribution >= 0.6 is 0 Å². The number of carbonyl (C=O) groups excluding carboxylic acids is 1. The van der Waals surface area contributed by atoms with Gasteiger partial charge in [-0.25, -0.2) is 0 Å². The highest BCUT2D eigenvalue weighted by molar-refractivity contribution is 5.83. The minimum Gasteiger partial charge on any atom is -0.394 e. The van der Waals surface area contributed by atoms with Crippen molar-refractivity contribution in [1.82, 2.24) is 10.2 Å². The van der Waals surface area contributed by atoms with Gasteiger partial charge in [0, 0.05) is 12.1 Å². The first-order chi connectivity index (χ1) is 6.00. The van der Waals surface area contributed by atoms with Crippen molar-refractivity contribution in [1.29, 1.82) is 0 Å². The fraction of sp³-hybridized carbons (Fsp3) is 0.889. The third kappa shape index (κ3) is 2.19. The predicted octanol–water partition coefficient (Wildman–Crippen LogP) is -0.422. The monoisotopic (exact) mass is 186 g/mol. The second-order valence-corrected chi connectivity index (χ2v) is 4.13. The normalized spacial score (nSPS) is 28.6. The molecule has 76 valence electrons. The molecule has 0 radical (unpaired) electrons. The minimum atomic E-state index is -0.363. The number of likely N-dealkylation sites (N-methyl/N-ethyl adjacent to an activating group) is 1. The van der Waals surface area contributed by atoms with Crippen LogP contribution in [0.5, 0.6) is 0 Å². The Bertz CT molecular complexity index is 204. The Morgan fingerprint density at radius 1 is 1.69 bits per heavy atom. The van der Waals surface area contributed by atoms with Gasteiger partial charge in [-0.1, -0.05) is 6.92 Å².